The number of halogens is 1. The number of aliphatic hydroxyl groups excluding tert-OH is 3. The Balaban J connectivity index is 4.29. The predicted molar refractivity (Wildman–Crippen MR) is 31.2 cm³/mol. The lowest BCUT2D eigenvalue weighted by molar-refractivity contribution is -0.226. The lowest BCUT2D eigenvalue weighted by atomic mass is 10.1. The molecule has 0 aromatic rings. The van der Waals surface area contributed by atoms with E-state index >= 15 is 0 Å². The molecule has 0 radical (unpaired) electrons. The molecular formula is C5H9FO5. The highest BCUT2D eigenvalue weighted by atomic mass is 19.2. The number of hydrogen-bond donors (Lipinski definition) is 4. The van der Waals surface area contributed by atoms with Crippen LogP contribution in [0.4, 0.5) is 4.39 Å². The molecule has 0 fully saturated rings. The van der Waals surface area contributed by atoms with Gasteiger partial charge in [-0.2, -0.15) is 0 Å². The van der Waals surface area contributed by atoms with Crippen LogP contribution in [0.25, 0.3) is 0 Å². The molecule has 0 rings (SSSR count). The Morgan fingerprint density at radius 3 is 2.27 bits per heavy atom. The number of carbonyl (C=O) groups is 1. The maximum atomic E-state index is 12.5. The molecule has 5 nitrogen and oxygen atoms in total. The Hall–Kier alpha value is -0.560. The van der Waals surface area contributed by atoms with Gasteiger partial charge in [-0.15, -0.1) is 0 Å². The van der Waals surface area contributed by atoms with E-state index in [4.69, 9.17) is 20.4 Å². The van der Waals surface area contributed by atoms with Crippen LogP contribution in [0.2, 0.25) is 0 Å². The lowest BCUT2D eigenvalue weighted by Gasteiger charge is -2.24. The standard InChI is InChI=1S/C5H9FO5/c6-5(11,3(9)1-7)4(10)2-8/h1,3-4,8-11H,2H2/t3-,4+,5-/m0/s1. The van der Waals surface area contributed by atoms with Gasteiger partial charge in [0.15, 0.2) is 12.4 Å². The molecule has 0 unspecified atom stereocenters. The van der Waals surface area contributed by atoms with Crippen LogP contribution in [0.1, 0.15) is 0 Å². The maximum Gasteiger partial charge on any atom is 0.268 e. The van der Waals surface area contributed by atoms with Gasteiger partial charge in [0.1, 0.15) is 6.10 Å². The molecule has 0 aliphatic heterocycles. The zero-order valence-electron chi connectivity index (χ0n) is 5.51. The summed E-state index contributed by atoms with van der Waals surface area (Å²) in [6.45, 7) is -1.09. The van der Waals surface area contributed by atoms with Crippen LogP contribution in [0.5, 0.6) is 0 Å². The molecule has 0 bridgehead atoms. The van der Waals surface area contributed by atoms with Crippen molar-refractivity contribution in [1.82, 2.24) is 0 Å². The van der Waals surface area contributed by atoms with E-state index in [1.807, 2.05) is 0 Å². The number of carbonyl (C=O) groups excluding carboxylic acids is 1. The quantitative estimate of drug-likeness (QED) is 0.349. The summed E-state index contributed by atoms with van der Waals surface area (Å²) in [4.78, 5) is 9.73. The van der Waals surface area contributed by atoms with Gasteiger partial charge in [-0.25, -0.2) is 4.39 Å². The Labute approximate surface area is 61.7 Å². The minimum atomic E-state index is -3.49. The molecule has 0 heterocycles. The summed E-state index contributed by atoms with van der Waals surface area (Å²) in [6, 6.07) is 0. The minimum Gasteiger partial charge on any atom is -0.393 e. The highest BCUT2D eigenvalue weighted by Gasteiger charge is 2.42. The molecule has 3 atom stereocenters. The van der Waals surface area contributed by atoms with Crippen LogP contribution in [-0.4, -0.2) is 51.4 Å². The van der Waals surface area contributed by atoms with Crippen LogP contribution in [0, 0.1) is 0 Å². The zero-order chi connectivity index (χ0) is 9.07. The molecule has 0 spiro atoms. The number of hydrogen-bond acceptors (Lipinski definition) is 5. The van der Waals surface area contributed by atoms with E-state index in [2.05, 4.69) is 0 Å². The first-order valence-corrected chi connectivity index (χ1v) is 2.80. The maximum absolute atomic E-state index is 12.5. The van der Waals surface area contributed by atoms with Crippen molar-refractivity contribution in [2.75, 3.05) is 6.61 Å². The summed E-state index contributed by atoms with van der Waals surface area (Å²) in [7, 11) is 0. The van der Waals surface area contributed by atoms with Gasteiger partial charge < -0.3 is 25.2 Å². The number of rotatable bonds is 4. The first kappa shape index (κ1) is 10.4. The van der Waals surface area contributed by atoms with Crippen molar-refractivity contribution in [2.24, 2.45) is 0 Å². The average Bonchev–Trinajstić information content (AvgIpc) is 2.01. The van der Waals surface area contributed by atoms with Crippen molar-refractivity contribution >= 4 is 6.29 Å². The molecule has 0 aliphatic rings. The fourth-order valence-corrected chi connectivity index (χ4v) is 0.421. The minimum absolute atomic E-state index is 0.279. The summed E-state index contributed by atoms with van der Waals surface area (Å²) >= 11 is 0. The second kappa shape index (κ2) is 3.72. The molecule has 0 saturated heterocycles. The average molecular weight is 168 g/mol. The third-order valence-electron chi connectivity index (χ3n) is 1.18. The van der Waals surface area contributed by atoms with Crippen LogP contribution >= 0.6 is 0 Å². The second-order valence-electron chi connectivity index (χ2n) is 2.01. The molecule has 0 aromatic heterocycles. The fraction of sp³-hybridized carbons (Fsp3) is 0.800. The Kier molecular flexibility index (Phi) is 3.53. The van der Waals surface area contributed by atoms with E-state index in [1.165, 1.54) is 0 Å². The first-order valence-electron chi connectivity index (χ1n) is 2.80. The summed E-state index contributed by atoms with van der Waals surface area (Å²) in [5.74, 6) is -3.49. The Morgan fingerprint density at radius 2 is 2.00 bits per heavy atom. The van der Waals surface area contributed by atoms with Crippen molar-refractivity contribution < 1.29 is 29.6 Å². The fourth-order valence-electron chi connectivity index (χ4n) is 0.421. The monoisotopic (exact) mass is 168 g/mol. The van der Waals surface area contributed by atoms with E-state index in [0.29, 0.717) is 0 Å². The lowest BCUT2D eigenvalue weighted by Crippen LogP contribution is -2.50. The third kappa shape index (κ3) is 2.19. The van der Waals surface area contributed by atoms with Crippen LogP contribution in [0.3, 0.4) is 0 Å². The molecule has 11 heavy (non-hydrogen) atoms. The molecule has 0 amide bonds. The van der Waals surface area contributed by atoms with E-state index in [0.717, 1.165) is 0 Å². The molecule has 4 N–H and O–H groups in total. The zero-order valence-corrected chi connectivity index (χ0v) is 5.51. The highest BCUT2D eigenvalue weighted by Crippen LogP contribution is 2.16. The Morgan fingerprint density at radius 1 is 1.55 bits per heavy atom. The predicted octanol–water partition coefficient (Wildman–Crippen LogP) is -2.44. The van der Waals surface area contributed by atoms with E-state index in [9.17, 15) is 9.18 Å². The number of aldehydes is 1. The number of alkyl halides is 1. The van der Waals surface area contributed by atoms with Crippen LogP contribution in [-0.2, 0) is 4.79 Å². The smallest absolute Gasteiger partial charge is 0.268 e. The topological polar surface area (TPSA) is 98.0 Å². The number of aliphatic hydroxyl groups is 4. The summed E-state index contributed by atoms with van der Waals surface area (Å²) < 4.78 is 12.5. The largest absolute Gasteiger partial charge is 0.393 e. The van der Waals surface area contributed by atoms with Gasteiger partial charge >= 0.3 is 0 Å². The van der Waals surface area contributed by atoms with Crippen LogP contribution in [0.15, 0.2) is 0 Å². The van der Waals surface area contributed by atoms with Gasteiger partial charge in [0.25, 0.3) is 5.85 Å². The van der Waals surface area contributed by atoms with Crippen molar-refractivity contribution in [3.8, 4) is 0 Å². The van der Waals surface area contributed by atoms with Gasteiger partial charge in [-0.3, -0.25) is 0 Å². The normalized spacial score (nSPS) is 21.9. The Bertz CT molecular complexity index is 137. The van der Waals surface area contributed by atoms with Crippen molar-refractivity contribution in [1.29, 1.82) is 0 Å². The molecule has 6 heteroatoms. The first-order chi connectivity index (χ1) is 4.96. The van der Waals surface area contributed by atoms with E-state index < -0.39 is 24.7 Å². The summed E-state index contributed by atoms with van der Waals surface area (Å²) in [5.41, 5.74) is 0. The molecule has 0 aliphatic carbocycles. The molecule has 66 valence electrons. The van der Waals surface area contributed by atoms with Gasteiger partial charge in [-0.1, -0.05) is 0 Å². The molecule has 0 aromatic carbocycles. The van der Waals surface area contributed by atoms with Gasteiger partial charge in [0.2, 0.25) is 0 Å². The van der Waals surface area contributed by atoms with Gasteiger partial charge in [0, 0.05) is 0 Å². The summed E-state index contributed by atoms with van der Waals surface area (Å²) in [5, 5.41) is 33.5. The van der Waals surface area contributed by atoms with E-state index in [1.54, 1.807) is 0 Å². The highest BCUT2D eigenvalue weighted by molar-refractivity contribution is 5.57. The van der Waals surface area contributed by atoms with Crippen molar-refractivity contribution in [2.45, 2.75) is 18.1 Å². The van der Waals surface area contributed by atoms with Gasteiger partial charge in [-0.05, 0) is 0 Å². The SMILES string of the molecule is O=C[C@H](O)[C@@](O)(F)[C@H](O)CO. The van der Waals surface area contributed by atoms with Crippen molar-refractivity contribution in [3.05, 3.63) is 0 Å². The van der Waals surface area contributed by atoms with Crippen molar-refractivity contribution in [3.63, 3.8) is 0 Å². The molecular weight excluding hydrogens is 159 g/mol. The second-order valence-corrected chi connectivity index (χ2v) is 2.01. The van der Waals surface area contributed by atoms with Crippen LogP contribution < -0.4 is 0 Å². The third-order valence-corrected chi connectivity index (χ3v) is 1.18. The summed E-state index contributed by atoms with van der Waals surface area (Å²) in [6.07, 6.45) is -4.83. The molecule has 0 saturated carbocycles. The van der Waals surface area contributed by atoms with E-state index in [-0.39, 0.29) is 6.29 Å². The van der Waals surface area contributed by atoms with Gasteiger partial charge in [0.05, 0.1) is 6.61 Å².